The van der Waals surface area contributed by atoms with Gasteiger partial charge in [0.25, 0.3) is 0 Å². The van der Waals surface area contributed by atoms with E-state index in [1.165, 1.54) is 0 Å². The molecule has 144 valence electrons. The molecule has 2 fully saturated rings. The zero-order valence-electron chi connectivity index (χ0n) is 16.0. The Kier molecular flexibility index (Phi) is 5.53. The average Bonchev–Trinajstić information content (AvgIpc) is 3.13. The van der Waals surface area contributed by atoms with Gasteiger partial charge < -0.3 is 9.47 Å². The second-order valence-corrected chi connectivity index (χ2v) is 16.7. The largest absolute Gasteiger partial charge is 0.359 e. The lowest BCUT2D eigenvalue weighted by Gasteiger charge is -2.47. The first-order chi connectivity index (χ1) is 11.7. The lowest BCUT2D eigenvalue weighted by Crippen LogP contribution is -2.55. The number of rotatable bonds is 7. The molecule has 0 aromatic carbocycles. The van der Waals surface area contributed by atoms with E-state index in [1.807, 2.05) is 0 Å². The van der Waals surface area contributed by atoms with Gasteiger partial charge in [-0.3, -0.25) is 0 Å². The van der Waals surface area contributed by atoms with Gasteiger partial charge in [-0.05, 0) is 37.6 Å². The van der Waals surface area contributed by atoms with E-state index in [4.69, 9.17) is 9.47 Å². The molecule has 1 aliphatic heterocycles. The third-order valence-corrected chi connectivity index (χ3v) is 10.2. The fourth-order valence-corrected chi connectivity index (χ4v) is 9.69. The fourth-order valence-electron chi connectivity index (χ4n) is 4.93. The molecular weight excluding hydrogens is 354 g/mol. The first-order valence-corrected chi connectivity index (χ1v) is 14.8. The number of sulfonamides is 1. The number of nitrogens with zero attached hydrogens (tertiary/aromatic N) is 1. The Hall–Kier alpha value is -0.213. The Balaban J connectivity index is 1.86. The molecule has 0 N–H and O–H groups in total. The van der Waals surface area contributed by atoms with E-state index in [9.17, 15) is 8.42 Å². The summed E-state index contributed by atoms with van der Waals surface area (Å²) in [6, 6.07) is 0.751. The average molecular weight is 388 g/mol. The Morgan fingerprint density at radius 2 is 2.04 bits per heavy atom. The second kappa shape index (κ2) is 7.07. The topological polar surface area (TPSA) is 55.8 Å². The van der Waals surface area contributed by atoms with E-state index in [1.54, 1.807) is 11.4 Å². The Labute approximate surface area is 153 Å². The summed E-state index contributed by atoms with van der Waals surface area (Å²) in [6.45, 7) is 7.55. The van der Waals surface area contributed by atoms with Crippen molar-refractivity contribution in [3.63, 3.8) is 0 Å². The molecular formula is C18H33NO4SSi. The maximum atomic E-state index is 13.2. The molecule has 3 rings (SSSR count). The number of hydrogen-bond acceptors (Lipinski definition) is 4. The van der Waals surface area contributed by atoms with Crippen molar-refractivity contribution in [1.29, 1.82) is 0 Å². The number of ether oxygens (including phenoxy) is 2. The number of hydrogen-bond donors (Lipinski definition) is 0. The monoisotopic (exact) mass is 387 g/mol. The molecule has 1 heterocycles. The molecule has 4 atom stereocenters. The minimum atomic E-state index is -3.25. The number of allylic oxidation sites excluding steroid dienone is 1. The van der Waals surface area contributed by atoms with Crippen LogP contribution in [0.2, 0.25) is 25.7 Å². The van der Waals surface area contributed by atoms with Crippen molar-refractivity contribution < 1.29 is 17.9 Å². The summed E-state index contributed by atoms with van der Waals surface area (Å²) in [5.74, 6) is 0.845. The SMILES string of the molecule is COCO[C@@H]1CC[C@@H]2CC=C[C@@]23CCN(S(=O)(=O)CC[Si](C)(C)C)[C@@H]13. The van der Waals surface area contributed by atoms with Crippen molar-refractivity contribution in [3.05, 3.63) is 12.2 Å². The minimum absolute atomic E-state index is 0.0249. The summed E-state index contributed by atoms with van der Waals surface area (Å²) in [5.41, 5.74) is -0.0249. The molecule has 1 saturated carbocycles. The quantitative estimate of drug-likeness (QED) is 0.383. The second-order valence-electron chi connectivity index (χ2n) is 9.07. The highest BCUT2D eigenvalue weighted by Gasteiger charge is 2.59. The highest BCUT2D eigenvalue weighted by molar-refractivity contribution is 7.89. The maximum absolute atomic E-state index is 13.2. The van der Waals surface area contributed by atoms with Crippen LogP contribution in [0.15, 0.2) is 12.2 Å². The standard InChI is InChI=1S/C18H33NO4SSi/c1-22-14-23-16-8-7-15-6-5-9-18(15)10-11-19(17(16)18)24(20,21)12-13-25(2,3)4/h5,9,15-17H,6-8,10-14H2,1-4H3/t15-,16+,17-,18+/m0/s1. The van der Waals surface area contributed by atoms with Gasteiger partial charge in [0.1, 0.15) is 6.79 Å². The highest BCUT2D eigenvalue weighted by atomic mass is 32.2. The van der Waals surface area contributed by atoms with Crippen molar-refractivity contribution in [3.8, 4) is 0 Å². The molecule has 7 heteroatoms. The molecule has 5 nitrogen and oxygen atoms in total. The van der Waals surface area contributed by atoms with Crippen LogP contribution in [0, 0.1) is 11.3 Å². The van der Waals surface area contributed by atoms with E-state index >= 15 is 0 Å². The predicted molar refractivity (Wildman–Crippen MR) is 103 cm³/mol. The van der Waals surface area contributed by atoms with E-state index in [0.29, 0.717) is 12.5 Å². The summed E-state index contributed by atoms with van der Waals surface area (Å²) < 4.78 is 39.2. The van der Waals surface area contributed by atoms with Crippen LogP contribution in [-0.4, -0.2) is 59.1 Å². The molecule has 25 heavy (non-hydrogen) atoms. The molecule has 3 aliphatic rings. The number of methoxy groups -OCH3 is 1. The van der Waals surface area contributed by atoms with Crippen LogP contribution in [-0.2, 0) is 19.5 Å². The highest BCUT2D eigenvalue weighted by Crippen LogP contribution is 2.57. The molecule has 2 aliphatic carbocycles. The van der Waals surface area contributed by atoms with Gasteiger partial charge >= 0.3 is 0 Å². The van der Waals surface area contributed by atoms with E-state index in [2.05, 4.69) is 31.8 Å². The predicted octanol–water partition coefficient (Wildman–Crippen LogP) is 3.07. The van der Waals surface area contributed by atoms with Crippen LogP contribution in [0.3, 0.4) is 0 Å². The van der Waals surface area contributed by atoms with Gasteiger partial charge in [-0.25, -0.2) is 8.42 Å². The lowest BCUT2D eigenvalue weighted by molar-refractivity contribution is -0.119. The van der Waals surface area contributed by atoms with Crippen molar-refractivity contribution in [1.82, 2.24) is 4.31 Å². The van der Waals surface area contributed by atoms with Crippen LogP contribution in [0.25, 0.3) is 0 Å². The molecule has 0 unspecified atom stereocenters. The normalized spacial score (nSPS) is 35.8. The van der Waals surface area contributed by atoms with Gasteiger partial charge in [0.05, 0.1) is 17.9 Å². The maximum Gasteiger partial charge on any atom is 0.214 e. The minimum Gasteiger partial charge on any atom is -0.359 e. The first kappa shape index (κ1) is 19.5. The summed E-state index contributed by atoms with van der Waals surface area (Å²) in [6.07, 6.45) is 8.53. The smallest absolute Gasteiger partial charge is 0.214 e. The Morgan fingerprint density at radius 1 is 1.28 bits per heavy atom. The molecule has 0 radical (unpaired) electrons. The van der Waals surface area contributed by atoms with Gasteiger partial charge in [0.2, 0.25) is 10.0 Å². The molecule has 0 bridgehead atoms. The third-order valence-electron chi connectivity index (χ3n) is 6.25. The summed E-state index contributed by atoms with van der Waals surface area (Å²) in [5, 5.41) is 0. The van der Waals surface area contributed by atoms with Gasteiger partial charge in [-0.2, -0.15) is 4.31 Å². The Bertz CT molecular complexity index is 615. The fraction of sp³-hybridized carbons (Fsp3) is 0.889. The molecule has 1 saturated heterocycles. The zero-order chi connectivity index (χ0) is 18.3. The molecule has 0 aromatic heterocycles. The van der Waals surface area contributed by atoms with Gasteiger partial charge in [0, 0.05) is 27.1 Å². The summed E-state index contributed by atoms with van der Waals surface area (Å²) in [4.78, 5) is 0. The zero-order valence-corrected chi connectivity index (χ0v) is 17.8. The van der Waals surface area contributed by atoms with Crippen LogP contribution in [0.1, 0.15) is 25.7 Å². The third kappa shape index (κ3) is 3.76. The van der Waals surface area contributed by atoms with Crippen molar-refractivity contribution in [2.45, 2.75) is 63.5 Å². The van der Waals surface area contributed by atoms with E-state index < -0.39 is 18.1 Å². The summed E-state index contributed by atoms with van der Waals surface area (Å²) >= 11 is 0. The van der Waals surface area contributed by atoms with Gasteiger partial charge in [-0.15, -0.1) is 0 Å². The van der Waals surface area contributed by atoms with Crippen molar-refractivity contribution >= 4 is 18.1 Å². The van der Waals surface area contributed by atoms with Crippen molar-refractivity contribution in [2.75, 3.05) is 26.2 Å². The van der Waals surface area contributed by atoms with Crippen LogP contribution in [0.4, 0.5) is 0 Å². The summed E-state index contributed by atoms with van der Waals surface area (Å²) in [7, 11) is -3.03. The molecule has 0 aromatic rings. The Morgan fingerprint density at radius 3 is 2.72 bits per heavy atom. The molecule has 1 spiro atoms. The van der Waals surface area contributed by atoms with Gasteiger partial charge in [0.15, 0.2) is 0 Å². The van der Waals surface area contributed by atoms with Crippen LogP contribution in [0.5, 0.6) is 0 Å². The first-order valence-electron chi connectivity index (χ1n) is 9.47. The van der Waals surface area contributed by atoms with Crippen molar-refractivity contribution in [2.24, 2.45) is 11.3 Å². The lowest BCUT2D eigenvalue weighted by atomic mass is 9.64. The van der Waals surface area contributed by atoms with E-state index in [-0.39, 0.29) is 30.1 Å². The molecule has 0 amide bonds. The van der Waals surface area contributed by atoms with E-state index in [0.717, 1.165) is 31.7 Å². The van der Waals surface area contributed by atoms with Crippen LogP contribution >= 0.6 is 0 Å². The van der Waals surface area contributed by atoms with Gasteiger partial charge in [-0.1, -0.05) is 31.8 Å². The van der Waals surface area contributed by atoms with Crippen LogP contribution < -0.4 is 0 Å².